The molecule has 1 atom stereocenters. The molecule has 1 aromatic heterocycles. The molecule has 2 N–H and O–H groups in total. The van der Waals surface area contributed by atoms with Gasteiger partial charge in [-0.15, -0.1) is 11.3 Å². The minimum Gasteiger partial charge on any atom is -0.320 e. The number of benzene rings is 1. The van der Waals surface area contributed by atoms with Gasteiger partial charge in [0, 0.05) is 9.90 Å². The van der Waals surface area contributed by atoms with Gasteiger partial charge in [0.25, 0.3) is 0 Å². The van der Waals surface area contributed by atoms with E-state index >= 15 is 0 Å². The van der Waals surface area contributed by atoms with E-state index in [1.165, 1.54) is 11.6 Å². The fourth-order valence-corrected chi connectivity index (χ4v) is 3.26. The molecule has 2 rings (SSSR count). The molecule has 1 unspecified atom stereocenters. The molecule has 1 nitrogen and oxygen atoms in total. The first-order valence-corrected chi connectivity index (χ1v) is 7.07. The molecule has 96 valence electrons. The highest BCUT2D eigenvalue weighted by atomic mass is 35.5. The van der Waals surface area contributed by atoms with Crippen LogP contribution >= 0.6 is 22.9 Å². The number of aryl methyl sites for hydroxylation is 2. The van der Waals surface area contributed by atoms with Crippen molar-refractivity contribution in [3.63, 3.8) is 0 Å². The molecule has 1 heterocycles. The standard InChI is InChI=1S/C14H15ClFNS/c1-3-9-4-5-18-14(9)13(17)10-6-8(2)12(16)7-11(10)15/h4-7,13H,3,17H2,1-2H3. The summed E-state index contributed by atoms with van der Waals surface area (Å²) in [6, 6.07) is 4.86. The zero-order valence-electron chi connectivity index (χ0n) is 10.3. The number of rotatable bonds is 3. The Morgan fingerprint density at radius 3 is 2.83 bits per heavy atom. The van der Waals surface area contributed by atoms with Gasteiger partial charge in [-0.25, -0.2) is 4.39 Å². The Morgan fingerprint density at radius 2 is 2.17 bits per heavy atom. The molecule has 0 saturated carbocycles. The van der Waals surface area contributed by atoms with E-state index in [4.69, 9.17) is 17.3 Å². The summed E-state index contributed by atoms with van der Waals surface area (Å²) in [6.45, 7) is 3.81. The SMILES string of the molecule is CCc1ccsc1C(N)c1cc(C)c(F)cc1Cl. The van der Waals surface area contributed by atoms with Gasteiger partial charge in [0.1, 0.15) is 5.82 Å². The summed E-state index contributed by atoms with van der Waals surface area (Å²) < 4.78 is 13.4. The second-order valence-corrected chi connectivity index (χ2v) is 5.62. The predicted octanol–water partition coefficient (Wildman–Crippen LogP) is 4.46. The largest absolute Gasteiger partial charge is 0.320 e. The van der Waals surface area contributed by atoms with Crippen LogP contribution in [0.3, 0.4) is 0 Å². The highest BCUT2D eigenvalue weighted by Crippen LogP contribution is 2.33. The molecule has 1 aromatic carbocycles. The summed E-state index contributed by atoms with van der Waals surface area (Å²) >= 11 is 7.71. The smallest absolute Gasteiger partial charge is 0.127 e. The Kier molecular flexibility index (Phi) is 4.05. The van der Waals surface area contributed by atoms with E-state index in [0.29, 0.717) is 10.6 Å². The molecule has 0 saturated heterocycles. The zero-order valence-corrected chi connectivity index (χ0v) is 11.9. The minimum atomic E-state index is -0.294. The number of halogens is 2. The molecule has 4 heteroatoms. The summed E-state index contributed by atoms with van der Waals surface area (Å²) in [4.78, 5) is 1.10. The molecular formula is C14H15ClFNS. The van der Waals surface area contributed by atoms with Crippen molar-refractivity contribution in [2.45, 2.75) is 26.3 Å². The Hall–Kier alpha value is -0.900. The van der Waals surface area contributed by atoms with E-state index in [0.717, 1.165) is 16.9 Å². The molecule has 0 amide bonds. The summed E-state index contributed by atoms with van der Waals surface area (Å²) in [6.07, 6.45) is 0.935. The molecular weight excluding hydrogens is 269 g/mol. The normalized spacial score (nSPS) is 12.7. The van der Waals surface area contributed by atoms with Crippen LogP contribution in [0, 0.1) is 12.7 Å². The number of hydrogen-bond acceptors (Lipinski definition) is 2. The van der Waals surface area contributed by atoms with Gasteiger partial charge in [0.15, 0.2) is 0 Å². The maximum absolute atomic E-state index is 13.4. The molecule has 0 fully saturated rings. The Morgan fingerprint density at radius 1 is 1.44 bits per heavy atom. The second kappa shape index (κ2) is 5.39. The van der Waals surface area contributed by atoms with Crippen molar-refractivity contribution in [2.75, 3.05) is 0 Å². The van der Waals surface area contributed by atoms with Crippen LogP contribution in [0.15, 0.2) is 23.6 Å². The molecule has 0 spiro atoms. The highest BCUT2D eigenvalue weighted by molar-refractivity contribution is 7.10. The number of hydrogen-bond donors (Lipinski definition) is 1. The van der Waals surface area contributed by atoms with Gasteiger partial charge in [-0.05, 0) is 53.6 Å². The van der Waals surface area contributed by atoms with Crippen LogP contribution in [0.2, 0.25) is 5.02 Å². The lowest BCUT2D eigenvalue weighted by atomic mass is 10.0. The Balaban J connectivity index is 2.46. The zero-order chi connectivity index (χ0) is 13.3. The van der Waals surface area contributed by atoms with Crippen molar-refractivity contribution in [1.82, 2.24) is 0 Å². The first kappa shape index (κ1) is 13.5. The molecule has 18 heavy (non-hydrogen) atoms. The molecule has 0 radical (unpaired) electrons. The minimum absolute atomic E-state index is 0.285. The topological polar surface area (TPSA) is 26.0 Å². The van der Waals surface area contributed by atoms with E-state index in [1.807, 2.05) is 5.38 Å². The predicted molar refractivity (Wildman–Crippen MR) is 75.9 cm³/mol. The van der Waals surface area contributed by atoms with E-state index in [-0.39, 0.29) is 11.9 Å². The summed E-state index contributed by atoms with van der Waals surface area (Å²) in [5.41, 5.74) is 8.84. The molecule has 0 aliphatic heterocycles. The lowest BCUT2D eigenvalue weighted by Crippen LogP contribution is -2.13. The van der Waals surface area contributed by atoms with Gasteiger partial charge >= 0.3 is 0 Å². The van der Waals surface area contributed by atoms with Gasteiger partial charge in [-0.3, -0.25) is 0 Å². The second-order valence-electron chi connectivity index (χ2n) is 4.26. The molecule has 0 bridgehead atoms. The lowest BCUT2D eigenvalue weighted by molar-refractivity contribution is 0.617. The van der Waals surface area contributed by atoms with Crippen molar-refractivity contribution < 1.29 is 4.39 Å². The molecule has 0 aliphatic rings. The number of thiophene rings is 1. The van der Waals surface area contributed by atoms with Crippen molar-refractivity contribution in [2.24, 2.45) is 5.73 Å². The average molecular weight is 284 g/mol. The summed E-state index contributed by atoms with van der Waals surface area (Å²) in [5, 5.41) is 2.42. The van der Waals surface area contributed by atoms with Crippen LogP contribution in [0.1, 0.15) is 34.5 Å². The van der Waals surface area contributed by atoms with Gasteiger partial charge in [0.2, 0.25) is 0 Å². The van der Waals surface area contributed by atoms with Crippen molar-refractivity contribution in [3.05, 3.63) is 56.0 Å². The van der Waals surface area contributed by atoms with Gasteiger partial charge in [0.05, 0.1) is 6.04 Å². The lowest BCUT2D eigenvalue weighted by Gasteiger charge is -2.15. The van der Waals surface area contributed by atoms with Crippen molar-refractivity contribution in [1.29, 1.82) is 0 Å². The van der Waals surface area contributed by atoms with Crippen molar-refractivity contribution in [3.8, 4) is 0 Å². The highest BCUT2D eigenvalue weighted by Gasteiger charge is 2.18. The van der Waals surface area contributed by atoms with Gasteiger partial charge in [-0.1, -0.05) is 18.5 Å². The van der Waals surface area contributed by atoms with Crippen LogP contribution in [-0.2, 0) is 6.42 Å². The van der Waals surface area contributed by atoms with E-state index < -0.39 is 0 Å². The first-order chi connectivity index (χ1) is 8.54. The van der Waals surface area contributed by atoms with Crippen LogP contribution in [-0.4, -0.2) is 0 Å². The summed E-state index contributed by atoms with van der Waals surface area (Å²) in [5.74, 6) is -0.294. The maximum atomic E-state index is 13.4. The maximum Gasteiger partial charge on any atom is 0.127 e. The third-order valence-electron chi connectivity index (χ3n) is 3.06. The van der Waals surface area contributed by atoms with E-state index in [9.17, 15) is 4.39 Å². The fraction of sp³-hybridized carbons (Fsp3) is 0.286. The Labute approximate surface area is 115 Å². The monoisotopic (exact) mass is 283 g/mol. The quantitative estimate of drug-likeness (QED) is 0.884. The third-order valence-corrected chi connectivity index (χ3v) is 4.43. The van der Waals surface area contributed by atoms with E-state index in [1.54, 1.807) is 24.3 Å². The van der Waals surface area contributed by atoms with Crippen LogP contribution in [0.5, 0.6) is 0 Å². The molecule has 2 aromatic rings. The van der Waals surface area contributed by atoms with Gasteiger partial charge in [-0.2, -0.15) is 0 Å². The third kappa shape index (κ3) is 2.44. The van der Waals surface area contributed by atoms with Crippen LogP contribution in [0.25, 0.3) is 0 Å². The van der Waals surface area contributed by atoms with Crippen LogP contribution < -0.4 is 5.73 Å². The first-order valence-electron chi connectivity index (χ1n) is 5.82. The van der Waals surface area contributed by atoms with Gasteiger partial charge < -0.3 is 5.73 Å². The average Bonchev–Trinajstić information content (AvgIpc) is 2.81. The summed E-state index contributed by atoms with van der Waals surface area (Å²) in [7, 11) is 0. The van der Waals surface area contributed by atoms with Crippen LogP contribution in [0.4, 0.5) is 4.39 Å². The fourth-order valence-electron chi connectivity index (χ4n) is 1.97. The molecule has 0 aliphatic carbocycles. The van der Waals surface area contributed by atoms with Crippen molar-refractivity contribution >= 4 is 22.9 Å². The Bertz CT molecular complexity index is 565. The van der Waals surface area contributed by atoms with E-state index in [2.05, 4.69) is 13.0 Å². The number of nitrogens with two attached hydrogens (primary N) is 1.